The Hall–Kier alpha value is -1.42. The third-order valence-electron chi connectivity index (χ3n) is 1.79. The van der Waals surface area contributed by atoms with Gasteiger partial charge in [-0.05, 0) is 42.7 Å². The Balaban J connectivity index is 2.47. The highest BCUT2D eigenvalue weighted by molar-refractivity contribution is 7.05. The zero-order valence-electron chi connectivity index (χ0n) is 7.06. The van der Waals surface area contributed by atoms with Crippen molar-refractivity contribution in [3.63, 3.8) is 0 Å². The number of phenolic OH excluding ortho intramolecular Hbond substituents is 1. The van der Waals surface area contributed by atoms with Crippen LogP contribution in [0.2, 0.25) is 0 Å². The quantitative estimate of drug-likeness (QED) is 0.753. The van der Waals surface area contributed by atoms with E-state index in [9.17, 15) is 0 Å². The summed E-state index contributed by atoms with van der Waals surface area (Å²) in [7, 11) is 0. The zero-order valence-corrected chi connectivity index (χ0v) is 7.88. The van der Waals surface area contributed by atoms with Crippen LogP contribution in [0.5, 0.6) is 5.75 Å². The molecule has 13 heavy (non-hydrogen) atoms. The highest BCUT2D eigenvalue weighted by Crippen LogP contribution is 2.24. The van der Waals surface area contributed by atoms with Gasteiger partial charge in [0.2, 0.25) is 0 Å². The van der Waals surface area contributed by atoms with Crippen LogP contribution in [0, 0.1) is 6.92 Å². The van der Waals surface area contributed by atoms with Crippen LogP contribution in [0.3, 0.4) is 0 Å². The molecule has 0 aliphatic rings. The van der Waals surface area contributed by atoms with Crippen LogP contribution < -0.4 is 0 Å². The fourth-order valence-electron chi connectivity index (χ4n) is 1.12. The van der Waals surface area contributed by atoms with Crippen LogP contribution in [-0.4, -0.2) is 14.7 Å². The predicted octanol–water partition coefficient (Wildman–Crippen LogP) is 2.22. The first-order valence-electron chi connectivity index (χ1n) is 3.86. The summed E-state index contributed by atoms with van der Waals surface area (Å²) in [6, 6.07) is 6.96. The first kappa shape index (κ1) is 8.19. The van der Waals surface area contributed by atoms with E-state index in [1.165, 1.54) is 11.5 Å². The number of hydrogen-bond donors (Lipinski definition) is 1. The molecule has 0 amide bonds. The van der Waals surface area contributed by atoms with E-state index in [1.54, 1.807) is 12.1 Å². The Kier molecular flexibility index (Phi) is 1.98. The molecule has 0 spiro atoms. The molecule has 1 N–H and O–H groups in total. The molecule has 0 saturated heterocycles. The van der Waals surface area contributed by atoms with Gasteiger partial charge < -0.3 is 5.11 Å². The summed E-state index contributed by atoms with van der Waals surface area (Å²) in [5.74, 6) is 0.268. The summed E-state index contributed by atoms with van der Waals surface area (Å²) in [4.78, 5) is 1.09. The highest BCUT2D eigenvalue weighted by atomic mass is 32.1. The number of aromatic nitrogens is 2. The molecule has 2 rings (SSSR count). The summed E-state index contributed by atoms with van der Waals surface area (Å²) in [6.45, 7) is 1.98. The Morgan fingerprint density at radius 3 is 2.46 bits per heavy atom. The lowest BCUT2D eigenvalue weighted by Gasteiger charge is -1.96. The molecular formula is C9H8N2OS. The molecule has 0 aliphatic carbocycles. The van der Waals surface area contributed by atoms with Crippen molar-refractivity contribution in [3.05, 3.63) is 29.1 Å². The molecule has 4 heteroatoms. The smallest absolute Gasteiger partial charge is 0.115 e. The van der Waals surface area contributed by atoms with E-state index < -0.39 is 0 Å². The fraction of sp³-hybridized carbons (Fsp3) is 0.111. The molecule has 1 heterocycles. The van der Waals surface area contributed by atoms with Gasteiger partial charge in [0.1, 0.15) is 11.4 Å². The summed E-state index contributed by atoms with van der Waals surface area (Å²) in [5, 5.41) is 13.1. The lowest BCUT2D eigenvalue weighted by Crippen LogP contribution is -1.79. The van der Waals surface area contributed by atoms with Crippen molar-refractivity contribution in [2.24, 2.45) is 0 Å². The van der Waals surface area contributed by atoms with Crippen molar-refractivity contribution in [1.29, 1.82) is 0 Å². The standard InChI is InChI=1S/C9H8N2OS/c1-6-9(10-11-13-6)7-2-4-8(12)5-3-7/h2-5,12H,1H3. The normalized spacial score (nSPS) is 10.2. The molecule has 66 valence electrons. The SMILES string of the molecule is Cc1snnc1-c1ccc(O)cc1. The van der Waals surface area contributed by atoms with E-state index >= 15 is 0 Å². The van der Waals surface area contributed by atoms with Gasteiger partial charge in [0.25, 0.3) is 0 Å². The second-order valence-corrected chi connectivity index (χ2v) is 3.68. The maximum Gasteiger partial charge on any atom is 0.115 e. The van der Waals surface area contributed by atoms with E-state index in [4.69, 9.17) is 5.11 Å². The van der Waals surface area contributed by atoms with Crippen molar-refractivity contribution >= 4 is 11.5 Å². The second kappa shape index (κ2) is 3.14. The first-order valence-corrected chi connectivity index (χ1v) is 4.63. The van der Waals surface area contributed by atoms with Gasteiger partial charge in [0.05, 0.1) is 4.88 Å². The summed E-state index contributed by atoms with van der Waals surface area (Å²) in [6.07, 6.45) is 0. The number of benzene rings is 1. The number of nitrogens with zero attached hydrogens (tertiary/aromatic N) is 2. The summed E-state index contributed by atoms with van der Waals surface area (Å²) >= 11 is 1.38. The highest BCUT2D eigenvalue weighted by Gasteiger charge is 2.05. The number of rotatable bonds is 1. The molecule has 2 aromatic rings. The van der Waals surface area contributed by atoms with Gasteiger partial charge >= 0.3 is 0 Å². The van der Waals surface area contributed by atoms with Gasteiger partial charge in [0, 0.05) is 5.56 Å². The lowest BCUT2D eigenvalue weighted by atomic mass is 10.1. The minimum Gasteiger partial charge on any atom is -0.508 e. The summed E-state index contributed by atoms with van der Waals surface area (Å²) < 4.78 is 3.85. The van der Waals surface area contributed by atoms with E-state index in [-0.39, 0.29) is 5.75 Å². The number of aryl methyl sites for hydroxylation is 1. The van der Waals surface area contributed by atoms with E-state index in [0.29, 0.717) is 0 Å². The fourth-order valence-corrected chi connectivity index (χ4v) is 1.61. The molecule has 0 saturated carbocycles. The van der Waals surface area contributed by atoms with E-state index in [2.05, 4.69) is 9.59 Å². The van der Waals surface area contributed by atoms with Crippen molar-refractivity contribution < 1.29 is 5.11 Å². The molecule has 0 unspecified atom stereocenters. The Morgan fingerprint density at radius 1 is 1.23 bits per heavy atom. The number of phenols is 1. The maximum atomic E-state index is 9.09. The van der Waals surface area contributed by atoms with Gasteiger partial charge in [-0.15, -0.1) is 5.10 Å². The molecule has 1 aromatic carbocycles. The molecule has 0 aliphatic heterocycles. The predicted molar refractivity (Wildman–Crippen MR) is 51.7 cm³/mol. The van der Waals surface area contributed by atoms with Crippen LogP contribution in [0.25, 0.3) is 11.3 Å². The van der Waals surface area contributed by atoms with Gasteiger partial charge in [-0.2, -0.15) is 0 Å². The minimum absolute atomic E-state index is 0.268. The van der Waals surface area contributed by atoms with Gasteiger partial charge in [0.15, 0.2) is 0 Å². The number of aromatic hydroxyl groups is 1. The third kappa shape index (κ3) is 1.53. The minimum atomic E-state index is 0.268. The topological polar surface area (TPSA) is 46.0 Å². The second-order valence-electron chi connectivity index (χ2n) is 2.72. The van der Waals surface area contributed by atoms with Gasteiger partial charge in [-0.3, -0.25) is 0 Å². The van der Waals surface area contributed by atoms with Crippen molar-refractivity contribution in [3.8, 4) is 17.0 Å². The molecule has 0 atom stereocenters. The first-order chi connectivity index (χ1) is 6.27. The van der Waals surface area contributed by atoms with Crippen LogP contribution in [-0.2, 0) is 0 Å². The van der Waals surface area contributed by atoms with Gasteiger partial charge in [-0.25, -0.2) is 0 Å². The van der Waals surface area contributed by atoms with Crippen LogP contribution in [0.4, 0.5) is 0 Å². The molecule has 0 bridgehead atoms. The van der Waals surface area contributed by atoms with Crippen LogP contribution in [0.15, 0.2) is 24.3 Å². The molecule has 1 aromatic heterocycles. The van der Waals surface area contributed by atoms with E-state index in [1.807, 2.05) is 19.1 Å². The summed E-state index contributed by atoms with van der Waals surface area (Å²) in [5.41, 5.74) is 1.88. The third-order valence-corrected chi connectivity index (χ3v) is 2.42. The largest absolute Gasteiger partial charge is 0.508 e. The molecule has 0 radical (unpaired) electrons. The Bertz CT molecular complexity index is 408. The molecule has 3 nitrogen and oxygen atoms in total. The van der Waals surface area contributed by atoms with Crippen LogP contribution in [0.1, 0.15) is 4.88 Å². The maximum absolute atomic E-state index is 9.09. The average molecular weight is 192 g/mol. The van der Waals surface area contributed by atoms with Crippen molar-refractivity contribution in [2.75, 3.05) is 0 Å². The Morgan fingerprint density at radius 2 is 1.92 bits per heavy atom. The van der Waals surface area contributed by atoms with Gasteiger partial charge in [-0.1, -0.05) is 4.49 Å². The lowest BCUT2D eigenvalue weighted by molar-refractivity contribution is 0.475. The molecular weight excluding hydrogens is 184 g/mol. The zero-order chi connectivity index (χ0) is 9.26. The van der Waals surface area contributed by atoms with E-state index in [0.717, 1.165) is 16.1 Å². The average Bonchev–Trinajstić information content (AvgIpc) is 2.53. The van der Waals surface area contributed by atoms with Crippen molar-refractivity contribution in [2.45, 2.75) is 6.92 Å². The van der Waals surface area contributed by atoms with Crippen LogP contribution >= 0.6 is 11.5 Å². The molecule has 0 fully saturated rings. The Labute approximate surface area is 79.8 Å². The monoisotopic (exact) mass is 192 g/mol. The number of hydrogen-bond acceptors (Lipinski definition) is 4. The van der Waals surface area contributed by atoms with Crippen molar-refractivity contribution in [1.82, 2.24) is 9.59 Å².